The van der Waals surface area contributed by atoms with Gasteiger partial charge in [-0.25, -0.2) is 9.18 Å². The second-order valence-electron chi connectivity index (χ2n) is 6.36. The Labute approximate surface area is 178 Å². The summed E-state index contributed by atoms with van der Waals surface area (Å²) in [6, 6.07) is 7.20. The molecule has 0 aromatic heterocycles. The predicted octanol–water partition coefficient (Wildman–Crippen LogP) is 5.59. The van der Waals surface area contributed by atoms with Gasteiger partial charge in [-0.3, -0.25) is 4.31 Å². The molecule has 4 rings (SSSR count). The molecule has 0 unspecified atom stereocenters. The lowest BCUT2D eigenvalue weighted by Crippen LogP contribution is -2.20. The molecule has 2 amide bonds. The smallest absolute Gasteiger partial charge is 0.416 e. The van der Waals surface area contributed by atoms with Crippen molar-refractivity contribution in [2.75, 3.05) is 10.6 Å². The fourth-order valence-electron chi connectivity index (χ4n) is 2.70. The molecule has 0 aliphatic carbocycles. The van der Waals surface area contributed by atoms with Crippen LogP contribution in [0.3, 0.4) is 0 Å². The minimum Gasteiger partial charge on any atom is -0.457 e. The van der Waals surface area contributed by atoms with Crippen LogP contribution in [-0.4, -0.2) is 10.3 Å². The summed E-state index contributed by atoms with van der Waals surface area (Å²) in [5, 5.41) is 4.51. The van der Waals surface area contributed by atoms with E-state index < -0.39 is 29.3 Å². The fourth-order valence-corrected chi connectivity index (χ4v) is 3.32. The van der Waals surface area contributed by atoms with E-state index in [0.29, 0.717) is 35.4 Å². The van der Waals surface area contributed by atoms with E-state index in [9.17, 15) is 22.4 Å². The third-order valence-corrected chi connectivity index (χ3v) is 4.92. The maximum absolute atomic E-state index is 13.8. The maximum atomic E-state index is 13.8. The zero-order chi connectivity index (χ0) is 22.0. The Morgan fingerprint density at radius 3 is 2.61 bits per heavy atom. The summed E-state index contributed by atoms with van der Waals surface area (Å²) in [5.41, 5.74) is -0.371. The molecular weight excluding hydrogens is 436 g/mol. The van der Waals surface area contributed by atoms with Crippen LogP contribution in [0.4, 0.5) is 33.7 Å². The number of nitrogens with one attached hydrogen (secondary N) is 3. The number of benzene rings is 2. The number of carbonyl (C=O) groups is 1. The van der Waals surface area contributed by atoms with Crippen LogP contribution in [0.2, 0.25) is 0 Å². The number of hydrogen-bond acceptors (Lipinski definition) is 5. The zero-order valence-corrected chi connectivity index (χ0v) is 16.4. The minimum atomic E-state index is -4.65. The molecular formula is C20H14F4N4O2S. The van der Waals surface area contributed by atoms with Crippen LogP contribution in [-0.2, 0) is 6.18 Å². The van der Waals surface area contributed by atoms with Crippen LogP contribution in [0.1, 0.15) is 5.56 Å². The van der Waals surface area contributed by atoms with E-state index >= 15 is 0 Å². The molecule has 6 nitrogen and oxygen atoms in total. The summed E-state index contributed by atoms with van der Waals surface area (Å²) in [5.74, 6) is 0.147. The van der Waals surface area contributed by atoms with Crippen molar-refractivity contribution in [1.82, 2.24) is 9.03 Å². The molecule has 2 heterocycles. The van der Waals surface area contributed by atoms with Crippen molar-refractivity contribution in [3.63, 3.8) is 0 Å². The number of ether oxygens (including phenoxy) is 1. The number of nitrogens with zero attached hydrogens (tertiary/aromatic N) is 1. The number of rotatable bonds is 4. The largest absolute Gasteiger partial charge is 0.457 e. The van der Waals surface area contributed by atoms with Crippen molar-refractivity contribution in [2.45, 2.75) is 6.18 Å². The molecule has 0 fully saturated rings. The third kappa shape index (κ3) is 4.94. The number of hydrogen-bond donors (Lipinski definition) is 3. The molecule has 0 atom stereocenters. The van der Waals surface area contributed by atoms with Crippen molar-refractivity contribution < 1.29 is 27.1 Å². The lowest BCUT2D eigenvalue weighted by molar-refractivity contribution is -0.137. The van der Waals surface area contributed by atoms with Gasteiger partial charge in [-0.15, -0.1) is 0 Å². The highest BCUT2D eigenvalue weighted by Crippen LogP contribution is 2.32. The first kappa shape index (κ1) is 20.7. The van der Waals surface area contributed by atoms with Crippen molar-refractivity contribution in [3.8, 4) is 5.75 Å². The molecule has 0 radical (unpaired) electrons. The van der Waals surface area contributed by atoms with Gasteiger partial charge in [0.15, 0.2) is 0 Å². The standard InChI is InChI=1S/C20H14F4N4O2S/c21-17-6-1-12(20(22,23)24)9-18(17)27-19(29)26-13-2-4-15(5-3-13)30-16-7-8-28-14(10-16)11-25-31-28/h1-11,25H,(H2,26,27,29). The van der Waals surface area contributed by atoms with Crippen molar-refractivity contribution in [1.29, 1.82) is 0 Å². The fraction of sp³-hybridized carbons (Fsp3) is 0.0500. The summed E-state index contributed by atoms with van der Waals surface area (Å²) < 4.78 is 62.8. The monoisotopic (exact) mass is 450 g/mol. The van der Waals surface area contributed by atoms with Gasteiger partial charge in [0, 0.05) is 24.2 Å². The molecule has 2 aromatic carbocycles. The first-order valence-corrected chi connectivity index (χ1v) is 9.60. The topological polar surface area (TPSA) is 65.6 Å². The predicted molar refractivity (Wildman–Crippen MR) is 109 cm³/mol. The normalized spacial score (nSPS) is 14.9. The van der Waals surface area contributed by atoms with Crippen LogP contribution in [0, 0.1) is 5.82 Å². The SMILES string of the molecule is O=C(Nc1ccc(OC2=CC3=CNSN3C=C2)cc1)Nc1cc(C(F)(F)F)ccc1F. The number of alkyl halides is 3. The summed E-state index contributed by atoms with van der Waals surface area (Å²) in [4.78, 5) is 12.1. The summed E-state index contributed by atoms with van der Waals surface area (Å²) >= 11 is 1.42. The van der Waals surface area contributed by atoms with E-state index in [0.717, 1.165) is 5.70 Å². The molecule has 2 aliphatic rings. The maximum Gasteiger partial charge on any atom is 0.416 e. The van der Waals surface area contributed by atoms with Crippen molar-refractivity contribution in [2.24, 2.45) is 0 Å². The minimum absolute atomic E-state index is 0.343. The van der Waals surface area contributed by atoms with Crippen LogP contribution in [0.15, 0.2) is 78.5 Å². The lowest BCUT2D eigenvalue weighted by atomic mass is 10.2. The molecule has 160 valence electrons. The average molecular weight is 450 g/mol. The van der Waals surface area contributed by atoms with Gasteiger partial charge in [0.1, 0.15) is 17.3 Å². The Kier molecular flexibility index (Phi) is 5.51. The van der Waals surface area contributed by atoms with E-state index in [2.05, 4.69) is 15.4 Å². The molecule has 2 aromatic rings. The highest BCUT2D eigenvalue weighted by molar-refractivity contribution is 7.95. The number of allylic oxidation sites excluding steroid dienone is 2. The van der Waals surface area contributed by atoms with Crippen LogP contribution >= 0.6 is 12.1 Å². The molecule has 0 saturated carbocycles. The van der Waals surface area contributed by atoms with Crippen LogP contribution < -0.4 is 20.1 Å². The van der Waals surface area contributed by atoms with Gasteiger partial charge in [0.05, 0.1) is 29.1 Å². The number of anilines is 2. The highest BCUT2D eigenvalue weighted by Gasteiger charge is 2.31. The van der Waals surface area contributed by atoms with Crippen molar-refractivity contribution >= 4 is 29.5 Å². The Hall–Kier alpha value is -3.60. The van der Waals surface area contributed by atoms with Crippen LogP contribution in [0.25, 0.3) is 0 Å². The number of amides is 2. The van der Waals surface area contributed by atoms with Gasteiger partial charge >= 0.3 is 12.2 Å². The van der Waals surface area contributed by atoms with E-state index in [-0.39, 0.29) is 0 Å². The van der Waals surface area contributed by atoms with Gasteiger partial charge < -0.3 is 20.1 Å². The summed E-state index contributed by atoms with van der Waals surface area (Å²) in [6.45, 7) is 0. The Bertz CT molecular complexity index is 1100. The molecule has 3 N–H and O–H groups in total. The second kappa shape index (κ2) is 8.26. The van der Waals surface area contributed by atoms with E-state index in [1.807, 2.05) is 22.8 Å². The number of carbonyl (C=O) groups excluding carboxylic acids is 1. The summed E-state index contributed by atoms with van der Waals surface area (Å²) in [7, 11) is 0. The Morgan fingerprint density at radius 2 is 1.87 bits per heavy atom. The molecule has 0 bridgehead atoms. The zero-order valence-electron chi connectivity index (χ0n) is 15.5. The first-order chi connectivity index (χ1) is 14.8. The second-order valence-corrected chi connectivity index (χ2v) is 7.18. The molecule has 0 spiro atoms. The molecule has 31 heavy (non-hydrogen) atoms. The molecule has 11 heteroatoms. The van der Waals surface area contributed by atoms with E-state index in [4.69, 9.17) is 4.74 Å². The van der Waals surface area contributed by atoms with Crippen LogP contribution in [0.5, 0.6) is 5.75 Å². The lowest BCUT2D eigenvalue weighted by Gasteiger charge is -2.17. The first-order valence-electron chi connectivity index (χ1n) is 8.82. The van der Waals surface area contributed by atoms with E-state index in [1.165, 1.54) is 12.1 Å². The quantitative estimate of drug-likeness (QED) is 0.419. The molecule has 2 aliphatic heterocycles. The third-order valence-electron chi connectivity index (χ3n) is 4.17. The Morgan fingerprint density at radius 1 is 1.10 bits per heavy atom. The van der Waals surface area contributed by atoms with E-state index in [1.54, 1.807) is 30.3 Å². The van der Waals surface area contributed by atoms with Gasteiger partial charge in [0.25, 0.3) is 0 Å². The van der Waals surface area contributed by atoms with Gasteiger partial charge in [0.2, 0.25) is 0 Å². The highest BCUT2D eigenvalue weighted by atomic mass is 32.2. The van der Waals surface area contributed by atoms with Crippen molar-refractivity contribution in [3.05, 3.63) is 89.9 Å². The number of urea groups is 1. The Balaban J connectivity index is 1.37. The number of halogens is 4. The summed E-state index contributed by atoms with van der Waals surface area (Å²) in [6.07, 6.45) is 2.66. The van der Waals surface area contributed by atoms with Gasteiger partial charge in [-0.05, 0) is 48.5 Å². The molecule has 0 saturated heterocycles. The van der Waals surface area contributed by atoms with Gasteiger partial charge in [-0.1, -0.05) is 0 Å². The average Bonchev–Trinajstić information content (AvgIpc) is 3.18. The number of fused-ring (bicyclic) bond motifs is 1. The van der Waals surface area contributed by atoms with Gasteiger partial charge in [-0.2, -0.15) is 13.2 Å².